The van der Waals surface area contributed by atoms with Gasteiger partial charge in [0, 0.05) is 13.1 Å². The van der Waals surface area contributed by atoms with E-state index in [1.807, 2.05) is 0 Å². The number of likely N-dealkylation sites (tertiary alicyclic amines) is 1. The molecule has 0 bridgehead atoms. The lowest BCUT2D eigenvalue weighted by atomic mass is 10.0. The predicted molar refractivity (Wildman–Crippen MR) is 153 cm³/mol. The van der Waals surface area contributed by atoms with Gasteiger partial charge in [-0.2, -0.15) is 0 Å². The quantitative estimate of drug-likeness (QED) is 0.203. The van der Waals surface area contributed by atoms with E-state index in [1.165, 1.54) is 4.90 Å². The van der Waals surface area contributed by atoms with Crippen molar-refractivity contribution in [1.82, 2.24) is 15.1 Å². The standard InChI is InChI=1S/C31H45N3O7/c1-6-40-29(38)24(32-21(2)26(35)33-20-14-18-25(33)30(39)41-31(3,4)5)17-10-8-7-9-13-19-34-27(36)22-15-11-12-16-23(22)28(34)37/h11-12,15-16,21,24-25,32H,6-10,13-14,17-20H2,1-5H3/t21-,24+,25-/m0/s1. The fraction of sp³-hybridized carbons (Fsp3) is 0.645. The van der Waals surface area contributed by atoms with Crippen molar-refractivity contribution in [3.8, 4) is 0 Å². The molecule has 10 heteroatoms. The largest absolute Gasteiger partial charge is 0.465 e. The summed E-state index contributed by atoms with van der Waals surface area (Å²) in [6.45, 7) is 9.95. The third-order valence-electron chi connectivity index (χ3n) is 7.36. The molecule has 0 unspecified atom stereocenters. The molecule has 3 rings (SSSR count). The third kappa shape index (κ3) is 8.61. The molecule has 1 saturated heterocycles. The average molecular weight is 572 g/mol. The second kappa shape index (κ2) is 14.6. The van der Waals surface area contributed by atoms with E-state index in [1.54, 1.807) is 63.8 Å². The van der Waals surface area contributed by atoms with Crippen molar-refractivity contribution in [2.24, 2.45) is 0 Å². The molecule has 3 amide bonds. The van der Waals surface area contributed by atoms with Crippen LogP contribution in [0.2, 0.25) is 0 Å². The highest BCUT2D eigenvalue weighted by Crippen LogP contribution is 2.24. The Morgan fingerprint density at radius 1 is 1.00 bits per heavy atom. The van der Waals surface area contributed by atoms with Crippen molar-refractivity contribution in [2.45, 2.75) is 110 Å². The predicted octanol–water partition coefficient (Wildman–Crippen LogP) is 3.87. The first-order valence-electron chi connectivity index (χ1n) is 14.9. The number of hydrogen-bond donors (Lipinski definition) is 1. The molecule has 1 fully saturated rings. The zero-order chi connectivity index (χ0) is 30.2. The van der Waals surface area contributed by atoms with Gasteiger partial charge in [0.15, 0.2) is 0 Å². The number of fused-ring (bicyclic) bond motifs is 1. The van der Waals surface area contributed by atoms with Crippen LogP contribution in [-0.2, 0) is 23.9 Å². The average Bonchev–Trinajstić information content (AvgIpc) is 3.50. The molecule has 10 nitrogen and oxygen atoms in total. The van der Waals surface area contributed by atoms with Crippen molar-refractivity contribution in [2.75, 3.05) is 19.7 Å². The molecule has 0 saturated carbocycles. The molecule has 0 spiro atoms. The van der Waals surface area contributed by atoms with Crippen LogP contribution in [0.4, 0.5) is 0 Å². The lowest BCUT2D eigenvalue weighted by Gasteiger charge is -2.30. The van der Waals surface area contributed by atoms with Crippen molar-refractivity contribution in [1.29, 1.82) is 0 Å². The molecule has 0 radical (unpaired) electrons. The van der Waals surface area contributed by atoms with E-state index in [-0.39, 0.29) is 24.3 Å². The number of ether oxygens (including phenoxy) is 2. The maximum Gasteiger partial charge on any atom is 0.329 e. The van der Waals surface area contributed by atoms with Gasteiger partial charge in [-0.05, 0) is 72.4 Å². The number of unbranched alkanes of at least 4 members (excludes halogenated alkanes) is 4. The summed E-state index contributed by atoms with van der Waals surface area (Å²) >= 11 is 0. The maximum atomic E-state index is 13.3. The molecule has 1 aromatic carbocycles. The molecule has 3 atom stereocenters. The molecule has 2 heterocycles. The van der Waals surface area contributed by atoms with Gasteiger partial charge >= 0.3 is 11.9 Å². The van der Waals surface area contributed by atoms with Gasteiger partial charge in [-0.25, -0.2) is 4.79 Å². The molecule has 1 aromatic rings. The first kappa shape index (κ1) is 32.2. The van der Waals surface area contributed by atoms with Crippen LogP contribution in [0.5, 0.6) is 0 Å². The summed E-state index contributed by atoms with van der Waals surface area (Å²) in [5, 5.41) is 3.14. The Morgan fingerprint density at radius 3 is 2.22 bits per heavy atom. The minimum atomic E-state index is -0.674. The molecular formula is C31H45N3O7. The van der Waals surface area contributed by atoms with E-state index in [0.717, 1.165) is 32.1 Å². The van der Waals surface area contributed by atoms with Crippen molar-refractivity contribution < 1.29 is 33.4 Å². The molecule has 226 valence electrons. The lowest BCUT2D eigenvalue weighted by Crippen LogP contribution is -2.53. The highest BCUT2D eigenvalue weighted by Gasteiger charge is 2.39. The minimum Gasteiger partial charge on any atom is -0.465 e. The summed E-state index contributed by atoms with van der Waals surface area (Å²) in [6.07, 6.45) is 5.83. The van der Waals surface area contributed by atoms with Gasteiger partial charge in [-0.15, -0.1) is 0 Å². The minimum absolute atomic E-state index is 0.232. The lowest BCUT2D eigenvalue weighted by molar-refractivity contribution is -0.163. The van der Waals surface area contributed by atoms with Crippen molar-refractivity contribution >= 4 is 29.7 Å². The van der Waals surface area contributed by atoms with Gasteiger partial charge in [-0.1, -0.05) is 37.8 Å². The summed E-state index contributed by atoms with van der Waals surface area (Å²) in [5.74, 6) is -1.50. The van der Waals surface area contributed by atoms with Gasteiger partial charge in [0.1, 0.15) is 17.7 Å². The number of nitrogens with one attached hydrogen (secondary N) is 1. The van der Waals surface area contributed by atoms with E-state index < -0.39 is 35.7 Å². The second-order valence-electron chi connectivity index (χ2n) is 11.8. The van der Waals surface area contributed by atoms with Crippen LogP contribution in [0.1, 0.15) is 107 Å². The molecule has 1 N–H and O–H groups in total. The maximum absolute atomic E-state index is 13.3. The first-order chi connectivity index (χ1) is 19.4. The van der Waals surface area contributed by atoms with Crippen LogP contribution in [0, 0.1) is 0 Å². The fourth-order valence-electron chi connectivity index (χ4n) is 5.37. The van der Waals surface area contributed by atoms with E-state index >= 15 is 0 Å². The monoisotopic (exact) mass is 571 g/mol. The van der Waals surface area contributed by atoms with Gasteiger partial charge in [0.25, 0.3) is 11.8 Å². The van der Waals surface area contributed by atoms with Crippen LogP contribution >= 0.6 is 0 Å². The summed E-state index contributed by atoms with van der Waals surface area (Å²) in [7, 11) is 0. The van der Waals surface area contributed by atoms with Crippen LogP contribution in [0.3, 0.4) is 0 Å². The van der Waals surface area contributed by atoms with E-state index in [4.69, 9.17) is 9.47 Å². The number of rotatable bonds is 14. The molecule has 41 heavy (non-hydrogen) atoms. The molecule has 2 aliphatic rings. The number of amides is 3. The van der Waals surface area contributed by atoms with E-state index in [2.05, 4.69) is 5.32 Å². The topological polar surface area (TPSA) is 122 Å². The number of carbonyl (C=O) groups excluding carboxylic acids is 5. The molecule has 0 aliphatic carbocycles. The van der Waals surface area contributed by atoms with Crippen LogP contribution in [-0.4, -0.2) is 82.9 Å². The van der Waals surface area contributed by atoms with Crippen LogP contribution < -0.4 is 5.32 Å². The number of carbonyl (C=O) groups is 5. The van der Waals surface area contributed by atoms with Crippen LogP contribution in [0.15, 0.2) is 24.3 Å². The molecular weight excluding hydrogens is 526 g/mol. The Hall–Kier alpha value is -3.27. The van der Waals surface area contributed by atoms with E-state index in [0.29, 0.717) is 43.5 Å². The zero-order valence-corrected chi connectivity index (χ0v) is 25.1. The van der Waals surface area contributed by atoms with Gasteiger partial charge in [-0.3, -0.25) is 29.4 Å². The summed E-state index contributed by atoms with van der Waals surface area (Å²) in [6, 6.07) is 4.95. The van der Waals surface area contributed by atoms with Gasteiger partial charge in [0.2, 0.25) is 5.91 Å². The Kier molecular flexibility index (Phi) is 11.5. The summed E-state index contributed by atoms with van der Waals surface area (Å²) in [5.41, 5.74) is 0.294. The molecule has 0 aromatic heterocycles. The number of esters is 2. The van der Waals surface area contributed by atoms with Crippen molar-refractivity contribution in [3.63, 3.8) is 0 Å². The molecule has 2 aliphatic heterocycles. The normalized spacial score (nSPS) is 18.3. The summed E-state index contributed by atoms with van der Waals surface area (Å²) in [4.78, 5) is 66.5. The summed E-state index contributed by atoms with van der Waals surface area (Å²) < 4.78 is 10.8. The number of benzene rings is 1. The smallest absolute Gasteiger partial charge is 0.329 e. The van der Waals surface area contributed by atoms with E-state index in [9.17, 15) is 24.0 Å². The van der Waals surface area contributed by atoms with Crippen molar-refractivity contribution in [3.05, 3.63) is 35.4 Å². The Balaban J connectivity index is 1.43. The number of nitrogens with zero attached hydrogens (tertiary/aromatic N) is 2. The SMILES string of the molecule is CCOC(=O)[C@@H](CCCCCCCN1C(=O)c2ccccc2C1=O)N[C@@H](C)C(=O)N1CCC[C@H]1C(=O)OC(C)(C)C. The second-order valence-corrected chi connectivity index (χ2v) is 11.8. The van der Waals surface area contributed by atoms with Gasteiger partial charge < -0.3 is 14.4 Å². The number of imide groups is 1. The highest BCUT2D eigenvalue weighted by atomic mass is 16.6. The van der Waals surface area contributed by atoms with Gasteiger partial charge in [0.05, 0.1) is 23.8 Å². The fourth-order valence-corrected chi connectivity index (χ4v) is 5.37. The zero-order valence-electron chi connectivity index (χ0n) is 25.1. The Morgan fingerprint density at radius 2 is 1.61 bits per heavy atom. The third-order valence-corrected chi connectivity index (χ3v) is 7.36. The Labute approximate surface area is 243 Å². The highest BCUT2D eigenvalue weighted by molar-refractivity contribution is 6.21. The Bertz CT molecular complexity index is 1080. The van der Waals surface area contributed by atoms with Crippen LogP contribution in [0.25, 0.3) is 0 Å². The number of hydrogen-bond acceptors (Lipinski definition) is 8. The first-order valence-corrected chi connectivity index (χ1v) is 14.9.